The number of esters is 1. The molecule has 0 radical (unpaired) electrons. The molecule has 0 unspecified atom stereocenters. The van der Waals surface area contributed by atoms with Crippen molar-refractivity contribution in [1.29, 1.82) is 0 Å². The maximum Gasteiger partial charge on any atom is 0.344 e. The maximum atomic E-state index is 12.1. The van der Waals surface area contributed by atoms with E-state index in [4.69, 9.17) is 15.2 Å². The Hall–Kier alpha value is -3.68. The van der Waals surface area contributed by atoms with E-state index in [9.17, 15) is 4.79 Å². The Morgan fingerprint density at radius 1 is 1.07 bits per heavy atom. The van der Waals surface area contributed by atoms with Crippen LogP contribution in [0.2, 0.25) is 0 Å². The van der Waals surface area contributed by atoms with Gasteiger partial charge in [-0.15, -0.1) is 0 Å². The van der Waals surface area contributed by atoms with Crippen LogP contribution >= 0.6 is 0 Å². The molecule has 1 aliphatic rings. The number of benzene rings is 2. The van der Waals surface area contributed by atoms with Gasteiger partial charge in [-0.2, -0.15) is 15.0 Å². The van der Waals surface area contributed by atoms with Crippen LogP contribution in [0.3, 0.4) is 0 Å². The number of anilines is 3. The number of hydrogen-bond acceptors (Lipinski definition) is 8. The number of fused-ring (bicyclic) bond motifs is 1. The van der Waals surface area contributed by atoms with Gasteiger partial charge in [0.15, 0.2) is 19.0 Å². The van der Waals surface area contributed by atoms with Gasteiger partial charge in [-0.05, 0) is 61.6 Å². The average Bonchev–Trinajstić information content (AvgIpc) is 3.20. The fraction of sp³-hybridized carbons (Fsp3) is 0.273. The summed E-state index contributed by atoms with van der Waals surface area (Å²) in [6, 6.07) is 13.7. The highest BCUT2D eigenvalue weighted by atomic mass is 16.6. The van der Waals surface area contributed by atoms with Crippen LogP contribution in [0.1, 0.15) is 28.9 Å². The third-order valence-electron chi connectivity index (χ3n) is 4.80. The first-order valence-corrected chi connectivity index (χ1v) is 9.79. The highest BCUT2D eigenvalue weighted by molar-refractivity contribution is 5.71. The Kier molecular flexibility index (Phi) is 5.74. The largest absolute Gasteiger partial charge is 0.482 e. The molecule has 0 atom stereocenters. The molecule has 0 spiro atoms. The van der Waals surface area contributed by atoms with Crippen LogP contribution in [0.4, 0.5) is 17.6 Å². The summed E-state index contributed by atoms with van der Waals surface area (Å²) in [5.41, 5.74) is 10.4. The minimum absolute atomic E-state index is 0.0417. The van der Waals surface area contributed by atoms with Gasteiger partial charge in [0.05, 0.1) is 0 Å². The summed E-state index contributed by atoms with van der Waals surface area (Å²) in [4.78, 5) is 24.4. The van der Waals surface area contributed by atoms with Crippen molar-refractivity contribution in [2.24, 2.45) is 0 Å². The predicted octanol–water partition coefficient (Wildman–Crippen LogP) is 3.12. The van der Waals surface area contributed by atoms with Gasteiger partial charge < -0.3 is 20.5 Å². The first-order valence-electron chi connectivity index (χ1n) is 9.79. The number of nitrogen functional groups attached to an aromatic ring is 1. The van der Waals surface area contributed by atoms with E-state index in [1.54, 1.807) is 0 Å². The molecule has 0 fully saturated rings. The molecule has 3 aromatic rings. The van der Waals surface area contributed by atoms with Gasteiger partial charge in [0.2, 0.25) is 11.9 Å². The predicted molar refractivity (Wildman–Crippen MR) is 112 cm³/mol. The minimum Gasteiger partial charge on any atom is -0.482 e. The molecular weight excluding hydrogens is 382 g/mol. The number of ether oxygens (including phenoxy) is 2. The van der Waals surface area contributed by atoms with Crippen molar-refractivity contribution in [1.82, 2.24) is 15.0 Å². The number of aryl methyl sites for hydroxylation is 3. The minimum atomic E-state index is -0.512. The Balaban J connectivity index is 1.31. The number of carbonyl (C=O) groups is 1. The number of carbonyl (C=O) groups excluding carboxylic acids is 1. The topological polar surface area (TPSA) is 112 Å². The zero-order chi connectivity index (χ0) is 20.9. The smallest absolute Gasteiger partial charge is 0.344 e. The van der Waals surface area contributed by atoms with Gasteiger partial charge in [-0.25, -0.2) is 4.79 Å². The quantitative estimate of drug-likeness (QED) is 0.577. The van der Waals surface area contributed by atoms with E-state index in [0.29, 0.717) is 5.75 Å². The molecule has 1 aliphatic carbocycles. The van der Waals surface area contributed by atoms with Crippen molar-refractivity contribution in [3.8, 4) is 5.75 Å². The summed E-state index contributed by atoms with van der Waals surface area (Å²) in [6.07, 6.45) is 3.32. The summed E-state index contributed by atoms with van der Waals surface area (Å²) >= 11 is 0. The van der Waals surface area contributed by atoms with Crippen LogP contribution in [0.15, 0.2) is 42.5 Å². The van der Waals surface area contributed by atoms with E-state index >= 15 is 0 Å². The van der Waals surface area contributed by atoms with Crippen LogP contribution in [0.25, 0.3) is 0 Å². The molecule has 3 N–H and O–H groups in total. The van der Waals surface area contributed by atoms with Crippen molar-refractivity contribution in [3.05, 3.63) is 65.0 Å². The molecule has 2 aromatic carbocycles. The highest BCUT2D eigenvalue weighted by Gasteiger charge is 2.13. The lowest BCUT2D eigenvalue weighted by atomic mass is 10.1. The van der Waals surface area contributed by atoms with Crippen molar-refractivity contribution in [2.75, 3.05) is 17.7 Å². The second-order valence-electron chi connectivity index (χ2n) is 7.16. The molecule has 0 amide bonds. The van der Waals surface area contributed by atoms with Gasteiger partial charge in [-0.1, -0.05) is 23.8 Å². The van der Waals surface area contributed by atoms with Gasteiger partial charge in [0.25, 0.3) is 0 Å². The molecule has 4 rings (SSSR count). The maximum absolute atomic E-state index is 12.1. The lowest BCUT2D eigenvalue weighted by Crippen LogP contribution is -2.16. The molecular formula is C22H23N5O3. The molecule has 30 heavy (non-hydrogen) atoms. The van der Waals surface area contributed by atoms with Crippen molar-refractivity contribution in [2.45, 2.75) is 32.8 Å². The summed E-state index contributed by atoms with van der Waals surface area (Å²) < 4.78 is 10.8. The zero-order valence-electron chi connectivity index (χ0n) is 16.7. The Bertz CT molecular complexity index is 1050. The highest BCUT2D eigenvalue weighted by Crippen LogP contribution is 2.26. The molecule has 154 valence electrons. The molecule has 8 nitrogen and oxygen atoms in total. The fourth-order valence-electron chi connectivity index (χ4n) is 3.29. The Labute approximate surface area is 174 Å². The number of rotatable bonds is 7. The van der Waals surface area contributed by atoms with E-state index < -0.39 is 5.97 Å². The molecule has 0 bridgehead atoms. The van der Waals surface area contributed by atoms with Crippen LogP contribution < -0.4 is 15.8 Å². The molecule has 1 aromatic heterocycles. The Morgan fingerprint density at radius 2 is 1.87 bits per heavy atom. The van der Waals surface area contributed by atoms with Crippen LogP contribution in [-0.2, 0) is 29.0 Å². The molecule has 8 heteroatoms. The lowest BCUT2D eigenvalue weighted by molar-refractivity contribution is -0.147. The van der Waals surface area contributed by atoms with E-state index in [1.807, 2.05) is 43.3 Å². The number of nitrogens with two attached hydrogens (primary N) is 1. The SMILES string of the molecule is Cc1ccc(Nc2nc(N)nc(COC(=O)COc3ccc4c(c3)CCC4)n2)cc1. The fourth-order valence-corrected chi connectivity index (χ4v) is 3.29. The molecule has 0 saturated heterocycles. The van der Waals surface area contributed by atoms with E-state index in [-0.39, 0.29) is 30.9 Å². The summed E-state index contributed by atoms with van der Waals surface area (Å²) in [5, 5.41) is 3.06. The monoisotopic (exact) mass is 405 g/mol. The number of hydrogen-bond donors (Lipinski definition) is 2. The van der Waals surface area contributed by atoms with E-state index in [2.05, 4.69) is 26.3 Å². The zero-order valence-corrected chi connectivity index (χ0v) is 16.7. The lowest BCUT2D eigenvalue weighted by Gasteiger charge is -2.09. The molecule has 0 saturated carbocycles. The second-order valence-corrected chi connectivity index (χ2v) is 7.16. The molecule has 0 aliphatic heterocycles. The number of nitrogens with zero attached hydrogens (tertiary/aromatic N) is 3. The first-order chi connectivity index (χ1) is 14.5. The second kappa shape index (κ2) is 8.77. The third kappa shape index (κ3) is 5.02. The van der Waals surface area contributed by atoms with Crippen molar-refractivity contribution < 1.29 is 14.3 Å². The number of nitrogens with one attached hydrogen (secondary N) is 1. The van der Waals surface area contributed by atoms with Gasteiger partial charge in [0, 0.05) is 5.69 Å². The first kappa shape index (κ1) is 19.6. The van der Waals surface area contributed by atoms with Gasteiger partial charge in [0.1, 0.15) is 5.75 Å². The summed E-state index contributed by atoms with van der Waals surface area (Å²) in [6.45, 7) is 1.70. The van der Waals surface area contributed by atoms with Gasteiger partial charge in [-0.3, -0.25) is 0 Å². The van der Waals surface area contributed by atoms with Gasteiger partial charge >= 0.3 is 5.97 Å². The standard InChI is InChI=1S/C22H23N5O3/c1-14-5-8-17(9-6-14)24-22-26-19(25-21(23)27-22)12-30-20(28)13-29-18-10-7-15-3-2-4-16(15)11-18/h5-11H,2-4,12-13H2,1H3,(H3,23,24,25,26,27). The van der Waals surface area contributed by atoms with Crippen molar-refractivity contribution in [3.63, 3.8) is 0 Å². The van der Waals surface area contributed by atoms with Crippen LogP contribution in [0.5, 0.6) is 5.75 Å². The summed E-state index contributed by atoms with van der Waals surface area (Å²) in [5.74, 6) is 0.735. The van der Waals surface area contributed by atoms with Crippen LogP contribution in [-0.4, -0.2) is 27.5 Å². The summed E-state index contributed by atoms with van der Waals surface area (Å²) in [7, 11) is 0. The van der Waals surface area contributed by atoms with E-state index in [1.165, 1.54) is 11.1 Å². The average molecular weight is 405 g/mol. The van der Waals surface area contributed by atoms with Crippen molar-refractivity contribution >= 4 is 23.6 Å². The van der Waals surface area contributed by atoms with Crippen LogP contribution in [0, 0.1) is 6.92 Å². The Morgan fingerprint density at radius 3 is 2.70 bits per heavy atom. The third-order valence-corrected chi connectivity index (χ3v) is 4.80. The molecule has 1 heterocycles. The van der Waals surface area contributed by atoms with E-state index in [0.717, 1.165) is 30.5 Å². The normalized spacial score (nSPS) is 12.3. The number of aromatic nitrogens is 3.